The first kappa shape index (κ1) is 13.6. The van der Waals surface area contributed by atoms with Crippen molar-refractivity contribution in [3.8, 4) is 0 Å². The number of allylic oxidation sites excluding steroid dienone is 4. The molecule has 0 saturated carbocycles. The number of isocyanates is 1. The topological polar surface area (TPSA) is 63.6 Å². The van der Waals surface area contributed by atoms with Crippen LogP contribution in [-0.2, 0) is 14.8 Å². The monoisotopic (exact) mass is 253 g/mol. The first-order valence-electron chi connectivity index (χ1n) is 5.11. The van der Waals surface area contributed by atoms with E-state index in [9.17, 15) is 13.2 Å². The number of sulfonamides is 1. The summed E-state index contributed by atoms with van der Waals surface area (Å²) in [4.78, 5) is 10.2. The lowest BCUT2D eigenvalue weighted by Gasteiger charge is -2.35. The van der Waals surface area contributed by atoms with Gasteiger partial charge in [0.25, 0.3) is 16.1 Å². The molecule has 1 aliphatic rings. The molecular weight excluding hydrogens is 238 g/mol. The zero-order valence-corrected chi connectivity index (χ0v) is 10.9. The van der Waals surface area contributed by atoms with E-state index in [0.29, 0.717) is 0 Å². The van der Waals surface area contributed by atoms with Crippen LogP contribution in [0.3, 0.4) is 0 Å². The lowest BCUT2D eigenvalue weighted by Crippen LogP contribution is -2.37. The summed E-state index contributed by atoms with van der Waals surface area (Å²) in [6.45, 7) is 9.23. The Bertz CT molecular complexity index is 546. The molecule has 0 radical (unpaired) electrons. The van der Waals surface area contributed by atoms with Gasteiger partial charge < -0.3 is 0 Å². The van der Waals surface area contributed by atoms with Gasteiger partial charge in [0.15, 0.2) is 0 Å². The molecule has 0 aromatic rings. The van der Waals surface area contributed by atoms with Crippen LogP contribution in [0.15, 0.2) is 40.4 Å². The highest BCUT2D eigenvalue weighted by Crippen LogP contribution is 2.41. The highest BCUT2D eigenvalue weighted by molar-refractivity contribution is 7.91. The van der Waals surface area contributed by atoms with Gasteiger partial charge in [-0.1, -0.05) is 48.6 Å². The van der Waals surface area contributed by atoms with Crippen molar-refractivity contribution in [2.75, 3.05) is 0 Å². The van der Waals surface area contributed by atoms with Crippen LogP contribution in [-0.4, -0.2) is 19.7 Å². The molecule has 0 aliphatic heterocycles. The maximum atomic E-state index is 11.8. The quantitative estimate of drug-likeness (QED) is 0.571. The van der Waals surface area contributed by atoms with Crippen molar-refractivity contribution >= 4 is 16.1 Å². The van der Waals surface area contributed by atoms with Crippen LogP contribution in [0.2, 0.25) is 0 Å². The van der Waals surface area contributed by atoms with Crippen LogP contribution in [0.4, 0.5) is 0 Å². The Morgan fingerprint density at radius 2 is 2.12 bits per heavy atom. The van der Waals surface area contributed by atoms with E-state index in [0.717, 1.165) is 17.2 Å². The molecule has 0 saturated heterocycles. The SMILES string of the molecule is C=C(C)C1=CC=CC(S(=O)(=O)N=C=O)C1(C)C. The predicted molar refractivity (Wildman–Crippen MR) is 66.6 cm³/mol. The van der Waals surface area contributed by atoms with Gasteiger partial charge in [-0.05, 0) is 12.5 Å². The molecule has 1 unspecified atom stereocenters. The smallest absolute Gasteiger partial charge is 0.210 e. The van der Waals surface area contributed by atoms with Crippen LogP contribution >= 0.6 is 0 Å². The van der Waals surface area contributed by atoms with Crippen LogP contribution in [0.5, 0.6) is 0 Å². The van der Waals surface area contributed by atoms with Crippen molar-refractivity contribution in [1.29, 1.82) is 0 Å². The summed E-state index contributed by atoms with van der Waals surface area (Å²) in [6.07, 6.45) is 6.11. The van der Waals surface area contributed by atoms with Crippen LogP contribution in [0.25, 0.3) is 0 Å². The second-order valence-corrected chi connectivity index (χ2v) is 6.31. The zero-order chi connectivity index (χ0) is 13.3. The van der Waals surface area contributed by atoms with Gasteiger partial charge >= 0.3 is 0 Å². The molecule has 4 nitrogen and oxygen atoms in total. The molecule has 1 atom stereocenters. The summed E-state index contributed by atoms with van der Waals surface area (Å²) in [6, 6.07) is 0. The van der Waals surface area contributed by atoms with Crippen LogP contribution in [0, 0.1) is 5.41 Å². The van der Waals surface area contributed by atoms with E-state index >= 15 is 0 Å². The molecule has 0 fully saturated rings. The minimum Gasteiger partial charge on any atom is -0.210 e. The third-order valence-corrected chi connectivity index (χ3v) is 4.62. The molecule has 0 bridgehead atoms. The predicted octanol–water partition coefficient (Wildman–Crippen LogP) is 2.12. The van der Waals surface area contributed by atoms with Gasteiger partial charge in [0.2, 0.25) is 0 Å². The van der Waals surface area contributed by atoms with E-state index < -0.39 is 20.7 Å². The fourth-order valence-electron chi connectivity index (χ4n) is 2.13. The Morgan fingerprint density at radius 1 is 1.53 bits per heavy atom. The highest BCUT2D eigenvalue weighted by atomic mass is 32.2. The molecule has 0 aromatic carbocycles. The van der Waals surface area contributed by atoms with Crippen molar-refractivity contribution in [2.24, 2.45) is 9.81 Å². The Morgan fingerprint density at radius 3 is 2.59 bits per heavy atom. The van der Waals surface area contributed by atoms with Gasteiger partial charge in [0.05, 0.1) is 0 Å². The third kappa shape index (κ3) is 2.46. The molecule has 0 aromatic heterocycles. The second-order valence-electron chi connectivity index (χ2n) is 4.59. The maximum absolute atomic E-state index is 11.8. The normalized spacial score (nSPS) is 22.5. The number of nitrogens with zero attached hydrogens (tertiary/aromatic N) is 1. The van der Waals surface area contributed by atoms with Crippen LogP contribution < -0.4 is 0 Å². The molecule has 1 rings (SSSR count). The van der Waals surface area contributed by atoms with E-state index in [2.05, 4.69) is 11.0 Å². The molecule has 1 aliphatic carbocycles. The maximum Gasteiger partial charge on any atom is 0.270 e. The van der Waals surface area contributed by atoms with Gasteiger partial charge in [-0.25, -0.2) is 13.2 Å². The summed E-state index contributed by atoms with van der Waals surface area (Å²) in [5.74, 6) is 0. The summed E-state index contributed by atoms with van der Waals surface area (Å²) < 4.78 is 26.6. The molecule has 17 heavy (non-hydrogen) atoms. The molecule has 0 amide bonds. The third-order valence-electron chi connectivity index (χ3n) is 2.90. The Balaban J connectivity index is 3.34. The number of hydrogen-bond acceptors (Lipinski definition) is 3. The molecule has 0 spiro atoms. The molecule has 0 heterocycles. The van der Waals surface area contributed by atoms with Gasteiger partial charge in [0, 0.05) is 5.41 Å². The van der Waals surface area contributed by atoms with Crippen LogP contribution in [0.1, 0.15) is 20.8 Å². The van der Waals surface area contributed by atoms with E-state index in [1.54, 1.807) is 19.9 Å². The Hall–Kier alpha value is -1.45. The summed E-state index contributed by atoms with van der Waals surface area (Å²) in [5.41, 5.74) is 0.976. The van der Waals surface area contributed by atoms with E-state index in [4.69, 9.17) is 0 Å². The second kappa shape index (κ2) is 4.43. The largest absolute Gasteiger partial charge is 0.270 e. The fourth-order valence-corrected chi connectivity index (χ4v) is 3.51. The Kier molecular flexibility index (Phi) is 3.55. The van der Waals surface area contributed by atoms with Crippen molar-refractivity contribution in [2.45, 2.75) is 26.0 Å². The lowest BCUT2D eigenvalue weighted by molar-refractivity contribution is 0.444. The first-order chi connectivity index (χ1) is 7.73. The minimum atomic E-state index is -3.87. The van der Waals surface area contributed by atoms with Crippen molar-refractivity contribution < 1.29 is 13.2 Å². The number of rotatable bonds is 3. The average molecular weight is 253 g/mol. The average Bonchev–Trinajstić information content (AvgIpc) is 2.15. The molecular formula is C12H15NO3S. The van der Waals surface area contributed by atoms with Gasteiger partial charge in [-0.2, -0.15) is 0 Å². The molecule has 0 N–H and O–H groups in total. The highest BCUT2D eigenvalue weighted by Gasteiger charge is 2.41. The van der Waals surface area contributed by atoms with Crippen molar-refractivity contribution in [1.82, 2.24) is 0 Å². The van der Waals surface area contributed by atoms with Gasteiger partial charge in [-0.3, -0.25) is 0 Å². The number of carbonyl (C=O) groups excluding carboxylic acids is 1. The van der Waals surface area contributed by atoms with E-state index in [1.165, 1.54) is 6.08 Å². The molecule has 92 valence electrons. The summed E-state index contributed by atoms with van der Waals surface area (Å²) in [5, 5.41) is -0.867. The molecule has 5 heteroatoms. The fraction of sp³-hybridized carbons (Fsp3) is 0.417. The standard InChI is InChI=1S/C12H15NO3S/c1-9(2)10-6-5-7-11(12(10,3)4)17(15,16)13-8-14/h5-7,11H,1H2,2-4H3. The summed E-state index contributed by atoms with van der Waals surface area (Å²) in [7, 11) is -3.87. The first-order valence-corrected chi connectivity index (χ1v) is 6.61. The van der Waals surface area contributed by atoms with Gasteiger partial charge in [-0.15, -0.1) is 0 Å². The number of hydrogen-bond donors (Lipinski definition) is 0. The van der Waals surface area contributed by atoms with E-state index in [1.807, 2.05) is 13.0 Å². The van der Waals surface area contributed by atoms with Crippen molar-refractivity contribution in [3.05, 3.63) is 36.0 Å². The van der Waals surface area contributed by atoms with Gasteiger partial charge in [0.1, 0.15) is 5.25 Å². The van der Waals surface area contributed by atoms with E-state index in [-0.39, 0.29) is 0 Å². The minimum absolute atomic E-state index is 0.667. The summed E-state index contributed by atoms with van der Waals surface area (Å²) >= 11 is 0. The van der Waals surface area contributed by atoms with Crippen molar-refractivity contribution in [3.63, 3.8) is 0 Å². The lowest BCUT2D eigenvalue weighted by atomic mass is 9.75. The Labute approximate surface area is 101 Å². The zero-order valence-electron chi connectivity index (χ0n) is 10.1.